The fourth-order valence-electron chi connectivity index (χ4n) is 1.18. The number of oxime groups is 1. The molecule has 0 amide bonds. The molecule has 0 radical (unpaired) electrons. The van der Waals surface area contributed by atoms with E-state index in [9.17, 15) is 8.78 Å². The summed E-state index contributed by atoms with van der Waals surface area (Å²) in [5.41, 5.74) is 0.374. The number of hydrogen-bond donors (Lipinski definition) is 0. The van der Waals surface area contributed by atoms with Crippen LogP contribution >= 0.6 is 0 Å². The highest BCUT2D eigenvalue weighted by Gasteiger charge is 2.10. The summed E-state index contributed by atoms with van der Waals surface area (Å²) in [6, 6.07) is 6.25. The zero-order chi connectivity index (χ0) is 11.8. The van der Waals surface area contributed by atoms with Crippen LogP contribution in [0.3, 0.4) is 0 Å². The third-order valence-corrected chi connectivity index (χ3v) is 2.09. The molecule has 0 aliphatic heterocycles. The Balaban J connectivity index is 2.58. The number of nitrogens with zero attached hydrogens (tertiary/aromatic N) is 1. The van der Waals surface area contributed by atoms with Gasteiger partial charge >= 0.3 is 0 Å². The van der Waals surface area contributed by atoms with Crippen LogP contribution in [-0.2, 0) is 4.84 Å². The molecule has 16 heavy (non-hydrogen) atoms. The number of halogens is 2. The average molecular weight is 227 g/mol. The van der Waals surface area contributed by atoms with Crippen molar-refractivity contribution in [2.75, 3.05) is 6.61 Å². The maximum Gasteiger partial charge on any atom is 0.264 e. The molecule has 0 saturated heterocycles. The highest BCUT2D eigenvalue weighted by atomic mass is 19.3. The molecule has 2 nitrogen and oxygen atoms in total. The average Bonchev–Trinajstić information content (AvgIpc) is 2.29. The van der Waals surface area contributed by atoms with E-state index in [-0.39, 0.29) is 5.56 Å². The fraction of sp³-hybridized carbons (Fsp3) is 0.417. The minimum Gasteiger partial charge on any atom is -0.396 e. The van der Waals surface area contributed by atoms with Crippen LogP contribution in [-0.4, -0.2) is 12.8 Å². The lowest BCUT2D eigenvalue weighted by Gasteiger charge is -2.03. The van der Waals surface area contributed by atoms with Crippen LogP contribution in [0.25, 0.3) is 0 Å². The van der Waals surface area contributed by atoms with Crippen molar-refractivity contribution in [2.45, 2.75) is 26.2 Å². The normalized spacial score (nSPS) is 11.2. The molecule has 0 heterocycles. The van der Waals surface area contributed by atoms with Crippen molar-refractivity contribution < 1.29 is 13.6 Å². The number of alkyl halides is 2. The van der Waals surface area contributed by atoms with Gasteiger partial charge < -0.3 is 4.84 Å². The van der Waals surface area contributed by atoms with E-state index in [2.05, 4.69) is 5.16 Å². The number of rotatable bonds is 6. The van der Waals surface area contributed by atoms with E-state index in [1.54, 1.807) is 18.2 Å². The van der Waals surface area contributed by atoms with Crippen molar-refractivity contribution in [1.82, 2.24) is 0 Å². The van der Waals surface area contributed by atoms with Crippen molar-refractivity contribution >= 4 is 6.21 Å². The summed E-state index contributed by atoms with van der Waals surface area (Å²) >= 11 is 0. The Morgan fingerprint density at radius 1 is 1.38 bits per heavy atom. The van der Waals surface area contributed by atoms with E-state index in [4.69, 9.17) is 4.84 Å². The molecule has 4 heteroatoms. The molecule has 0 N–H and O–H groups in total. The fourth-order valence-corrected chi connectivity index (χ4v) is 1.18. The number of unbranched alkanes of at least 4 members (excludes halogenated alkanes) is 1. The molecule has 1 aromatic carbocycles. The maximum atomic E-state index is 12.6. The Morgan fingerprint density at radius 2 is 2.12 bits per heavy atom. The first-order valence-corrected chi connectivity index (χ1v) is 5.28. The lowest BCUT2D eigenvalue weighted by Crippen LogP contribution is -1.94. The Kier molecular flexibility index (Phi) is 5.46. The van der Waals surface area contributed by atoms with Crippen LogP contribution in [0, 0.1) is 0 Å². The smallest absolute Gasteiger partial charge is 0.264 e. The molecule has 0 aliphatic rings. The van der Waals surface area contributed by atoms with Crippen LogP contribution < -0.4 is 0 Å². The van der Waals surface area contributed by atoms with Crippen molar-refractivity contribution in [3.8, 4) is 0 Å². The Labute approximate surface area is 93.9 Å². The molecule has 1 aromatic rings. The summed E-state index contributed by atoms with van der Waals surface area (Å²) in [5.74, 6) is 0. The summed E-state index contributed by atoms with van der Waals surface area (Å²) in [5, 5.41) is 3.66. The van der Waals surface area contributed by atoms with E-state index in [1.165, 1.54) is 12.3 Å². The molecule has 88 valence electrons. The summed E-state index contributed by atoms with van der Waals surface area (Å²) in [6.45, 7) is 2.56. The van der Waals surface area contributed by atoms with Gasteiger partial charge in [0, 0.05) is 11.1 Å². The minimum absolute atomic E-state index is 0.0228. The van der Waals surface area contributed by atoms with Gasteiger partial charge in [-0.3, -0.25) is 0 Å². The van der Waals surface area contributed by atoms with Gasteiger partial charge in [-0.15, -0.1) is 0 Å². The second-order valence-electron chi connectivity index (χ2n) is 3.35. The molecule has 0 fully saturated rings. The van der Waals surface area contributed by atoms with Gasteiger partial charge in [-0.2, -0.15) is 0 Å². The van der Waals surface area contributed by atoms with Gasteiger partial charge in [0.2, 0.25) is 0 Å². The SMILES string of the molecule is CCCCON=Cc1ccccc1C(F)F. The third-order valence-electron chi connectivity index (χ3n) is 2.09. The molecular weight excluding hydrogens is 212 g/mol. The number of hydrogen-bond acceptors (Lipinski definition) is 2. The number of benzene rings is 1. The Hall–Kier alpha value is -1.45. The quantitative estimate of drug-likeness (QED) is 0.412. The van der Waals surface area contributed by atoms with Crippen molar-refractivity contribution in [3.63, 3.8) is 0 Å². The zero-order valence-electron chi connectivity index (χ0n) is 9.20. The Morgan fingerprint density at radius 3 is 2.81 bits per heavy atom. The molecule has 0 saturated carbocycles. The first kappa shape index (κ1) is 12.6. The molecule has 0 bridgehead atoms. The molecule has 0 spiro atoms. The van der Waals surface area contributed by atoms with Gasteiger partial charge in [-0.1, -0.05) is 42.8 Å². The molecule has 0 unspecified atom stereocenters. The Bertz CT molecular complexity index is 340. The highest BCUT2D eigenvalue weighted by Crippen LogP contribution is 2.21. The van der Waals surface area contributed by atoms with Crippen molar-refractivity contribution in [1.29, 1.82) is 0 Å². The second-order valence-corrected chi connectivity index (χ2v) is 3.35. The van der Waals surface area contributed by atoms with Crippen LogP contribution in [0.15, 0.2) is 29.4 Å². The summed E-state index contributed by atoms with van der Waals surface area (Å²) in [7, 11) is 0. The maximum absolute atomic E-state index is 12.6. The standard InChI is InChI=1S/C12H15F2NO/c1-2-3-8-16-15-9-10-6-4-5-7-11(10)12(13)14/h4-7,9,12H,2-3,8H2,1H3. The first-order chi connectivity index (χ1) is 7.75. The largest absolute Gasteiger partial charge is 0.396 e. The minimum atomic E-state index is -2.49. The monoisotopic (exact) mass is 227 g/mol. The highest BCUT2D eigenvalue weighted by molar-refractivity contribution is 5.81. The molecule has 0 atom stereocenters. The lowest BCUT2D eigenvalue weighted by molar-refractivity contribution is 0.142. The van der Waals surface area contributed by atoms with Gasteiger partial charge in [-0.25, -0.2) is 8.78 Å². The van der Waals surface area contributed by atoms with Gasteiger partial charge in [0.05, 0.1) is 6.21 Å². The van der Waals surface area contributed by atoms with Gasteiger partial charge in [0.25, 0.3) is 6.43 Å². The molecular formula is C12H15F2NO. The predicted molar refractivity (Wildman–Crippen MR) is 59.9 cm³/mol. The van der Waals surface area contributed by atoms with Crippen LogP contribution in [0.1, 0.15) is 37.3 Å². The predicted octanol–water partition coefficient (Wildman–Crippen LogP) is 3.77. The van der Waals surface area contributed by atoms with Crippen LogP contribution in [0.5, 0.6) is 0 Å². The van der Waals surface area contributed by atoms with E-state index < -0.39 is 6.43 Å². The third kappa shape index (κ3) is 3.96. The van der Waals surface area contributed by atoms with Gasteiger partial charge in [-0.05, 0) is 6.42 Å². The first-order valence-electron chi connectivity index (χ1n) is 5.28. The van der Waals surface area contributed by atoms with Crippen molar-refractivity contribution in [2.24, 2.45) is 5.16 Å². The van der Waals surface area contributed by atoms with Gasteiger partial charge in [0.15, 0.2) is 0 Å². The second kappa shape index (κ2) is 6.93. The summed E-state index contributed by atoms with van der Waals surface area (Å²) in [4.78, 5) is 4.94. The summed E-state index contributed by atoms with van der Waals surface area (Å²) < 4.78 is 25.1. The van der Waals surface area contributed by atoms with Crippen LogP contribution in [0.2, 0.25) is 0 Å². The van der Waals surface area contributed by atoms with Gasteiger partial charge in [0.1, 0.15) is 6.61 Å². The topological polar surface area (TPSA) is 21.6 Å². The van der Waals surface area contributed by atoms with Crippen LogP contribution in [0.4, 0.5) is 8.78 Å². The lowest BCUT2D eigenvalue weighted by atomic mass is 10.1. The van der Waals surface area contributed by atoms with E-state index >= 15 is 0 Å². The van der Waals surface area contributed by atoms with E-state index in [1.807, 2.05) is 6.92 Å². The zero-order valence-corrected chi connectivity index (χ0v) is 9.20. The van der Waals surface area contributed by atoms with E-state index in [0.717, 1.165) is 12.8 Å². The molecule has 0 aromatic heterocycles. The molecule has 1 rings (SSSR count). The molecule has 0 aliphatic carbocycles. The van der Waals surface area contributed by atoms with E-state index in [0.29, 0.717) is 12.2 Å². The summed E-state index contributed by atoms with van der Waals surface area (Å²) in [6.07, 6.45) is 0.770. The van der Waals surface area contributed by atoms with Crippen molar-refractivity contribution in [3.05, 3.63) is 35.4 Å².